The van der Waals surface area contributed by atoms with Gasteiger partial charge in [-0.25, -0.2) is 4.79 Å². The first-order chi connectivity index (χ1) is 21.1. The number of hydrogen-bond donors (Lipinski definition) is 6. The third-order valence-electron chi connectivity index (χ3n) is 5.55. The molecule has 0 aliphatic heterocycles. The molecule has 0 bridgehead atoms. The maximum atomic E-state index is 13.6. The second-order valence-corrected chi connectivity index (χ2v) is 14.9. The summed E-state index contributed by atoms with van der Waals surface area (Å²) in [6.07, 6.45) is 0. The number of anilines is 2. The minimum absolute atomic E-state index is 0.00313. The molecule has 244 valence electrons. The summed E-state index contributed by atoms with van der Waals surface area (Å²) in [5.41, 5.74) is 0.202. The maximum Gasteiger partial charge on any atom is 0.337 e. The molecule has 0 aliphatic carbocycles. The van der Waals surface area contributed by atoms with Crippen LogP contribution in [-0.2, 0) is 14.4 Å². The van der Waals surface area contributed by atoms with E-state index in [-0.39, 0.29) is 67.7 Å². The number of nitrogens with zero attached hydrogens (tertiary/aromatic N) is 1. The Morgan fingerprint density at radius 1 is 0.756 bits per heavy atom. The molecule has 45 heavy (non-hydrogen) atoms. The quantitative estimate of drug-likeness (QED) is 0.135. The zero-order chi connectivity index (χ0) is 34.3. The van der Waals surface area contributed by atoms with Crippen LogP contribution in [0.25, 0.3) is 0 Å². The van der Waals surface area contributed by atoms with Crippen molar-refractivity contribution in [1.82, 2.24) is 16.0 Å². The van der Waals surface area contributed by atoms with Crippen LogP contribution in [0.3, 0.4) is 0 Å². The highest BCUT2D eigenvalue weighted by Crippen LogP contribution is 2.39. The molecular formula is C25H23I6N5O9. The largest absolute Gasteiger partial charge is 0.478 e. The van der Waals surface area contributed by atoms with Crippen LogP contribution >= 0.6 is 136 Å². The molecule has 2 aromatic rings. The van der Waals surface area contributed by atoms with Crippen molar-refractivity contribution in [3.63, 3.8) is 0 Å². The lowest BCUT2D eigenvalue weighted by atomic mass is 10.1. The van der Waals surface area contributed by atoms with Crippen molar-refractivity contribution in [1.29, 1.82) is 0 Å². The van der Waals surface area contributed by atoms with Crippen LogP contribution in [0.1, 0.15) is 55.3 Å². The monoisotopic (exact) mass is 1300 g/mol. The molecule has 2 aromatic carbocycles. The fraction of sp³-hybridized carbons (Fsp3) is 0.280. The Kier molecular flexibility index (Phi) is 16.6. The van der Waals surface area contributed by atoms with Gasteiger partial charge in [-0.15, -0.1) is 0 Å². The normalized spacial score (nSPS) is 10.6. The number of aliphatic hydroxyl groups excluding tert-OH is 1. The van der Waals surface area contributed by atoms with E-state index in [4.69, 9.17) is 9.94 Å². The summed E-state index contributed by atoms with van der Waals surface area (Å²) in [5, 5.41) is 30.1. The highest BCUT2D eigenvalue weighted by molar-refractivity contribution is 14.1. The van der Waals surface area contributed by atoms with Gasteiger partial charge in [-0.2, -0.15) is 5.06 Å². The first-order valence-electron chi connectivity index (χ1n) is 12.3. The number of carbonyl (C=O) groups is 6. The van der Waals surface area contributed by atoms with Crippen LogP contribution in [0.4, 0.5) is 11.4 Å². The summed E-state index contributed by atoms with van der Waals surface area (Å²) in [5.74, 6) is -4.43. The highest BCUT2D eigenvalue weighted by atomic mass is 127. The van der Waals surface area contributed by atoms with Gasteiger partial charge in [-0.1, -0.05) is 0 Å². The topological polar surface area (TPSA) is 203 Å². The average Bonchev–Trinajstić information content (AvgIpc) is 2.96. The van der Waals surface area contributed by atoms with Crippen LogP contribution in [0.2, 0.25) is 0 Å². The van der Waals surface area contributed by atoms with E-state index < -0.39 is 42.0 Å². The third kappa shape index (κ3) is 9.38. The number of nitrogens with one attached hydrogen (secondary N) is 4. The number of hydroxylamine groups is 1. The zero-order valence-corrected chi connectivity index (χ0v) is 36.2. The lowest BCUT2D eigenvalue weighted by molar-refractivity contribution is -0.123. The molecule has 20 heteroatoms. The zero-order valence-electron chi connectivity index (χ0n) is 23.3. The predicted molar refractivity (Wildman–Crippen MR) is 215 cm³/mol. The van der Waals surface area contributed by atoms with E-state index in [0.717, 1.165) is 5.06 Å². The second-order valence-electron chi connectivity index (χ2n) is 8.43. The van der Waals surface area contributed by atoms with Gasteiger partial charge in [0.25, 0.3) is 17.7 Å². The van der Waals surface area contributed by atoms with Gasteiger partial charge in [0.15, 0.2) is 0 Å². The molecule has 0 saturated heterocycles. The number of carbonyl (C=O) groups excluding carboxylic acids is 5. The van der Waals surface area contributed by atoms with Gasteiger partial charge in [0.05, 0.1) is 62.0 Å². The van der Waals surface area contributed by atoms with E-state index >= 15 is 0 Å². The van der Waals surface area contributed by atoms with Crippen molar-refractivity contribution in [2.45, 2.75) is 13.8 Å². The predicted octanol–water partition coefficient (Wildman–Crippen LogP) is 3.77. The van der Waals surface area contributed by atoms with Gasteiger partial charge in [0.2, 0.25) is 11.8 Å². The Balaban J connectivity index is 2.54. The number of halogens is 6. The molecular weight excluding hydrogens is 1280 g/mol. The third-order valence-corrected chi connectivity index (χ3v) is 12.0. The van der Waals surface area contributed by atoms with Crippen LogP contribution in [0.15, 0.2) is 0 Å². The number of benzene rings is 2. The fourth-order valence-corrected chi connectivity index (χ4v) is 12.6. The summed E-state index contributed by atoms with van der Waals surface area (Å²) in [6.45, 7) is 2.10. The Labute approximate surface area is 338 Å². The van der Waals surface area contributed by atoms with E-state index in [1.165, 1.54) is 14.0 Å². The van der Waals surface area contributed by atoms with Crippen molar-refractivity contribution in [3.05, 3.63) is 43.7 Å². The molecule has 0 saturated carbocycles. The number of rotatable bonds is 12. The smallest absolute Gasteiger partial charge is 0.337 e. The first kappa shape index (κ1) is 40.7. The van der Waals surface area contributed by atoms with E-state index in [1.54, 1.807) is 52.1 Å². The molecule has 0 atom stereocenters. The van der Waals surface area contributed by atoms with Crippen molar-refractivity contribution >= 4 is 182 Å². The molecule has 0 radical (unpaired) electrons. The Morgan fingerprint density at radius 3 is 1.73 bits per heavy atom. The highest BCUT2D eigenvalue weighted by Gasteiger charge is 2.32. The summed E-state index contributed by atoms with van der Waals surface area (Å²) < 4.78 is 1.50. The summed E-state index contributed by atoms with van der Waals surface area (Å²) in [6, 6.07) is 0. The number of amides is 5. The van der Waals surface area contributed by atoms with Gasteiger partial charge in [0, 0.05) is 27.7 Å². The number of carboxylic acid groups (broad SMARTS) is 1. The summed E-state index contributed by atoms with van der Waals surface area (Å²) in [4.78, 5) is 82.4. The van der Waals surface area contributed by atoms with Gasteiger partial charge >= 0.3 is 5.97 Å². The van der Waals surface area contributed by atoms with Crippen LogP contribution < -0.4 is 26.3 Å². The Hall–Kier alpha value is -0.440. The Morgan fingerprint density at radius 2 is 1.24 bits per heavy atom. The van der Waals surface area contributed by atoms with Crippen LogP contribution in [0, 0.1) is 21.4 Å². The van der Waals surface area contributed by atoms with E-state index in [9.17, 15) is 33.9 Å². The van der Waals surface area contributed by atoms with Crippen molar-refractivity contribution in [2.75, 3.05) is 43.7 Å². The molecule has 0 heterocycles. The van der Waals surface area contributed by atoms with Gasteiger partial charge < -0.3 is 31.5 Å². The summed E-state index contributed by atoms with van der Waals surface area (Å²) >= 11 is 11.0. The molecule has 5 amide bonds. The van der Waals surface area contributed by atoms with Crippen molar-refractivity contribution in [2.24, 2.45) is 0 Å². The standard InChI is InChI=1S/C25H23I6N5O9/c1-4-45-36(8(2)38)21-18(30)11(22(40)32-3)14(26)12(19(21)31)24(42)34-7-9(39)35-20-16(28)10(23(41)33-5-6-37)15(27)13(17(20)29)25(43)44/h37H,4-7H2,1-3H3,(H,32,40)(H,33,41)(H,34,42)(H,35,39)(H,43,44). The van der Waals surface area contributed by atoms with E-state index in [1.807, 2.05) is 90.4 Å². The average molecular weight is 1300 g/mol. The molecule has 6 N–H and O–H groups in total. The molecule has 0 aromatic heterocycles. The van der Waals surface area contributed by atoms with E-state index in [2.05, 4.69) is 21.3 Å². The maximum absolute atomic E-state index is 13.6. The van der Waals surface area contributed by atoms with Gasteiger partial charge in [-0.3, -0.25) is 28.8 Å². The number of aromatic carboxylic acids is 1. The lowest BCUT2D eigenvalue weighted by Gasteiger charge is -2.25. The van der Waals surface area contributed by atoms with E-state index in [0.29, 0.717) is 7.14 Å². The SMILES string of the molecule is CCON(C(C)=O)c1c(I)c(C(=O)NC)c(I)c(C(=O)NCC(=O)Nc2c(I)c(C(=O)O)c(I)c(C(=O)NCCO)c2I)c1I. The number of hydrogen-bond acceptors (Lipinski definition) is 8. The first-order valence-corrected chi connectivity index (χ1v) is 18.8. The van der Waals surface area contributed by atoms with Crippen LogP contribution in [0.5, 0.6) is 0 Å². The molecule has 0 spiro atoms. The molecule has 0 unspecified atom stereocenters. The fourth-order valence-electron chi connectivity index (χ4n) is 3.65. The Bertz CT molecular complexity index is 1590. The summed E-state index contributed by atoms with van der Waals surface area (Å²) in [7, 11) is 1.42. The van der Waals surface area contributed by atoms with Crippen molar-refractivity contribution < 1.29 is 43.8 Å². The minimum atomic E-state index is -1.32. The van der Waals surface area contributed by atoms with Crippen LogP contribution in [-0.4, -0.2) is 79.1 Å². The molecule has 14 nitrogen and oxygen atoms in total. The molecule has 0 fully saturated rings. The minimum Gasteiger partial charge on any atom is -0.478 e. The lowest BCUT2D eigenvalue weighted by Crippen LogP contribution is -2.37. The molecule has 0 aliphatic rings. The van der Waals surface area contributed by atoms with Gasteiger partial charge in [0.1, 0.15) is 5.69 Å². The number of aliphatic hydroxyl groups is 1. The second kappa shape index (κ2) is 18.4. The van der Waals surface area contributed by atoms with Gasteiger partial charge in [-0.05, 0) is 142 Å². The number of carboxylic acids is 1. The molecule has 2 rings (SSSR count). The van der Waals surface area contributed by atoms with Crippen molar-refractivity contribution in [3.8, 4) is 0 Å².